The van der Waals surface area contributed by atoms with Gasteiger partial charge in [0.05, 0.1) is 19.0 Å². The zero-order valence-electron chi connectivity index (χ0n) is 21.0. The Balaban J connectivity index is 1.34. The number of imidazole rings is 1. The van der Waals surface area contributed by atoms with Crippen molar-refractivity contribution in [1.29, 1.82) is 0 Å². The van der Waals surface area contributed by atoms with Gasteiger partial charge in [0.1, 0.15) is 22.8 Å². The lowest BCUT2D eigenvalue weighted by atomic mass is 10.2. The maximum absolute atomic E-state index is 12.8. The summed E-state index contributed by atoms with van der Waals surface area (Å²) in [5.74, 6) is 1.99. The second-order valence-electron chi connectivity index (χ2n) is 9.08. The van der Waals surface area contributed by atoms with Gasteiger partial charge in [-0.2, -0.15) is 10.1 Å². The molecule has 38 heavy (non-hydrogen) atoms. The molecule has 0 radical (unpaired) electrons. The Morgan fingerprint density at radius 2 is 1.97 bits per heavy atom. The van der Waals surface area contributed by atoms with Crippen LogP contribution in [0.4, 0.5) is 11.6 Å². The van der Waals surface area contributed by atoms with Crippen molar-refractivity contribution in [1.82, 2.24) is 33.7 Å². The summed E-state index contributed by atoms with van der Waals surface area (Å²) in [4.78, 5) is 26.1. The molecule has 5 heterocycles. The number of nitrogens with zero attached hydrogens (tertiary/aromatic N) is 7. The van der Waals surface area contributed by atoms with Crippen LogP contribution in [0.2, 0.25) is 5.02 Å². The third-order valence-corrected chi connectivity index (χ3v) is 6.78. The van der Waals surface area contributed by atoms with Crippen molar-refractivity contribution in [3.05, 3.63) is 58.0 Å². The van der Waals surface area contributed by atoms with Crippen molar-refractivity contribution in [2.24, 2.45) is 14.1 Å². The number of anilines is 2. The van der Waals surface area contributed by atoms with E-state index < -0.39 is 0 Å². The topological polar surface area (TPSA) is 123 Å². The third kappa shape index (κ3) is 4.31. The Kier molecular flexibility index (Phi) is 6.12. The van der Waals surface area contributed by atoms with Crippen LogP contribution in [0, 0.1) is 0 Å². The highest BCUT2D eigenvalue weighted by Gasteiger charge is 2.25. The molecule has 1 N–H and O–H groups in total. The van der Waals surface area contributed by atoms with E-state index in [0.29, 0.717) is 69.8 Å². The molecule has 0 aromatic carbocycles. The fraction of sp³-hybridized carbons (Fsp3) is 0.320. The predicted molar refractivity (Wildman–Crippen MR) is 141 cm³/mol. The minimum absolute atomic E-state index is 0.144. The Morgan fingerprint density at radius 1 is 1.13 bits per heavy atom. The number of halogens is 1. The van der Waals surface area contributed by atoms with Gasteiger partial charge in [0.25, 0.3) is 5.56 Å². The smallest absolute Gasteiger partial charge is 0.274 e. The van der Waals surface area contributed by atoms with E-state index in [4.69, 9.17) is 25.8 Å². The SMILES string of the molecule is COCCOc1nccn2ncc(Oc3cnc4nc(Nc5cc(C6CC6)cn(C)c5=O)n(C)c4c3Cl)c12. The summed E-state index contributed by atoms with van der Waals surface area (Å²) in [6.45, 7) is 0.729. The lowest BCUT2D eigenvalue weighted by Gasteiger charge is -2.11. The first-order valence-electron chi connectivity index (χ1n) is 12.0. The molecule has 0 amide bonds. The van der Waals surface area contributed by atoms with E-state index in [1.54, 1.807) is 53.4 Å². The molecule has 1 aliphatic carbocycles. The Bertz CT molecular complexity index is 1720. The van der Waals surface area contributed by atoms with Crippen LogP contribution in [0.25, 0.3) is 16.7 Å². The number of aromatic nitrogens is 7. The van der Waals surface area contributed by atoms with Gasteiger partial charge in [0, 0.05) is 39.8 Å². The Labute approximate surface area is 221 Å². The summed E-state index contributed by atoms with van der Waals surface area (Å²) in [5.41, 5.74) is 2.94. The summed E-state index contributed by atoms with van der Waals surface area (Å²) < 4.78 is 21.9. The zero-order chi connectivity index (χ0) is 26.4. The predicted octanol–water partition coefficient (Wildman–Crippen LogP) is 3.80. The summed E-state index contributed by atoms with van der Waals surface area (Å²) >= 11 is 6.79. The molecule has 1 aliphatic rings. The first-order chi connectivity index (χ1) is 18.4. The van der Waals surface area contributed by atoms with E-state index >= 15 is 0 Å². The van der Waals surface area contributed by atoms with Crippen LogP contribution in [0.1, 0.15) is 24.3 Å². The number of rotatable bonds is 9. The third-order valence-electron chi connectivity index (χ3n) is 6.42. The van der Waals surface area contributed by atoms with E-state index in [1.807, 2.05) is 12.3 Å². The molecule has 1 fully saturated rings. The number of hydrogen-bond acceptors (Lipinski definition) is 9. The van der Waals surface area contributed by atoms with Gasteiger partial charge in [-0.1, -0.05) is 11.6 Å². The van der Waals surface area contributed by atoms with Gasteiger partial charge in [-0.15, -0.1) is 0 Å². The highest BCUT2D eigenvalue weighted by Crippen LogP contribution is 2.41. The van der Waals surface area contributed by atoms with Gasteiger partial charge in [-0.05, 0) is 30.4 Å². The van der Waals surface area contributed by atoms with Crippen LogP contribution in [0.5, 0.6) is 17.4 Å². The van der Waals surface area contributed by atoms with Crippen LogP contribution in [-0.4, -0.2) is 54.0 Å². The minimum Gasteiger partial charge on any atom is -0.474 e. The molecule has 5 aromatic rings. The summed E-state index contributed by atoms with van der Waals surface area (Å²) in [6.07, 6.45) is 10.5. The number of fused-ring (bicyclic) bond motifs is 2. The molecule has 1 saturated carbocycles. The van der Waals surface area contributed by atoms with E-state index in [0.717, 1.165) is 18.4 Å². The maximum atomic E-state index is 12.8. The van der Waals surface area contributed by atoms with Gasteiger partial charge in [0.15, 0.2) is 22.7 Å². The van der Waals surface area contributed by atoms with Gasteiger partial charge >= 0.3 is 0 Å². The standard InChI is InChI=1S/C25H25ClN8O4/c1-32-13-15(14-4-5-14)10-16(24(32)35)30-25-31-22-21(33(25)2)19(26)17(11-28-22)38-18-12-29-34-7-6-27-23(20(18)34)37-9-8-36-3/h6-7,10-14H,4-5,8-9H2,1-3H3,(H,28,30,31). The van der Waals surface area contributed by atoms with Crippen molar-refractivity contribution < 1.29 is 14.2 Å². The first kappa shape index (κ1) is 24.2. The second-order valence-corrected chi connectivity index (χ2v) is 9.46. The van der Waals surface area contributed by atoms with E-state index in [-0.39, 0.29) is 5.56 Å². The van der Waals surface area contributed by atoms with Crippen molar-refractivity contribution in [3.8, 4) is 17.4 Å². The van der Waals surface area contributed by atoms with Crippen molar-refractivity contribution >= 4 is 39.9 Å². The number of ether oxygens (including phenoxy) is 3. The fourth-order valence-electron chi connectivity index (χ4n) is 4.29. The maximum Gasteiger partial charge on any atom is 0.274 e. The number of methoxy groups -OCH3 is 1. The average molecular weight is 537 g/mol. The molecule has 13 heteroatoms. The van der Waals surface area contributed by atoms with Crippen LogP contribution in [-0.2, 0) is 18.8 Å². The molecule has 12 nitrogen and oxygen atoms in total. The molecule has 0 atom stereocenters. The van der Waals surface area contributed by atoms with Crippen molar-refractivity contribution in [2.45, 2.75) is 18.8 Å². The van der Waals surface area contributed by atoms with Crippen LogP contribution in [0.3, 0.4) is 0 Å². The molecular weight excluding hydrogens is 512 g/mol. The normalized spacial score (nSPS) is 13.4. The van der Waals surface area contributed by atoms with Crippen molar-refractivity contribution in [3.63, 3.8) is 0 Å². The number of hydrogen-bond donors (Lipinski definition) is 1. The Hall–Kier alpha value is -4.16. The number of aryl methyl sites for hydroxylation is 2. The summed E-state index contributed by atoms with van der Waals surface area (Å²) in [6, 6.07) is 1.90. The minimum atomic E-state index is -0.144. The number of nitrogens with one attached hydrogen (secondary N) is 1. The average Bonchev–Trinajstić information content (AvgIpc) is 3.60. The van der Waals surface area contributed by atoms with Gasteiger partial charge < -0.3 is 28.7 Å². The molecule has 5 aromatic heterocycles. The lowest BCUT2D eigenvalue weighted by molar-refractivity contribution is 0.144. The highest BCUT2D eigenvalue weighted by molar-refractivity contribution is 6.36. The van der Waals surface area contributed by atoms with E-state index in [1.165, 1.54) is 6.20 Å². The zero-order valence-corrected chi connectivity index (χ0v) is 21.8. The molecule has 0 saturated heterocycles. The first-order valence-corrected chi connectivity index (χ1v) is 12.4. The highest BCUT2D eigenvalue weighted by atomic mass is 35.5. The quantitative estimate of drug-likeness (QED) is 0.280. The number of pyridine rings is 2. The van der Waals surface area contributed by atoms with Crippen molar-refractivity contribution in [2.75, 3.05) is 25.6 Å². The largest absolute Gasteiger partial charge is 0.474 e. The van der Waals surface area contributed by atoms with E-state index in [9.17, 15) is 4.79 Å². The summed E-state index contributed by atoms with van der Waals surface area (Å²) in [5, 5.41) is 7.80. The van der Waals surface area contributed by atoms with Crippen LogP contribution in [0.15, 0.2) is 41.8 Å². The monoisotopic (exact) mass is 536 g/mol. The van der Waals surface area contributed by atoms with Gasteiger partial charge in [-0.3, -0.25) is 4.79 Å². The molecule has 0 spiro atoms. The van der Waals surface area contributed by atoms with Gasteiger partial charge in [-0.25, -0.2) is 14.5 Å². The molecule has 0 bridgehead atoms. The summed E-state index contributed by atoms with van der Waals surface area (Å²) in [7, 11) is 5.14. The molecular formula is C25H25ClN8O4. The van der Waals surface area contributed by atoms with Crippen LogP contribution >= 0.6 is 11.6 Å². The molecule has 0 unspecified atom stereocenters. The molecule has 6 rings (SSSR count). The fourth-order valence-corrected chi connectivity index (χ4v) is 4.59. The van der Waals surface area contributed by atoms with Gasteiger partial charge in [0.2, 0.25) is 11.8 Å². The Morgan fingerprint density at radius 3 is 2.76 bits per heavy atom. The second kappa shape index (κ2) is 9.62. The molecule has 196 valence electrons. The van der Waals surface area contributed by atoms with Crippen LogP contribution < -0.4 is 20.3 Å². The molecule has 0 aliphatic heterocycles. The lowest BCUT2D eigenvalue weighted by Crippen LogP contribution is -2.20. The van der Waals surface area contributed by atoms with E-state index in [2.05, 4.69) is 25.4 Å².